The van der Waals surface area contributed by atoms with Crippen molar-refractivity contribution in [3.8, 4) is 5.75 Å². The topological polar surface area (TPSA) is 49.3 Å². The SMILES string of the molecule is O=C1NCCc2cc(O)c(Br)cc21. The maximum atomic E-state index is 11.3. The maximum Gasteiger partial charge on any atom is 0.251 e. The zero-order valence-corrected chi connectivity index (χ0v) is 8.39. The summed E-state index contributed by atoms with van der Waals surface area (Å²) >= 11 is 3.17. The minimum Gasteiger partial charge on any atom is -0.507 e. The molecule has 0 aromatic heterocycles. The Labute approximate surface area is 83.9 Å². The first kappa shape index (κ1) is 8.56. The highest BCUT2D eigenvalue weighted by molar-refractivity contribution is 9.10. The van der Waals surface area contributed by atoms with E-state index < -0.39 is 0 Å². The van der Waals surface area contributed by atoms with Crippen LogP contribution in [0.25, 0.3) is 0 Å². The van der Waals surface area contributed by atoms with Crippen molar-refractivity contribution in [3.63, 3.8) is 0 Å². The normalized spacial score (nSPS) is 15.0. The predicted molar refractivity (Wildman–Crippen MR) is 51.8 cm³/mol. The Morgan fingerprint density at radius 1 is 1.46 bits per heavy atom. The Bertz CT molecular complexity index is 376. The number of rotatable bonds is 0. The highest BCUT2D eigenvalue weighted by Gasteiger charge is 2.17. The summed E-state index contributed by atoms with van der Waals surface area (Å²) in [6.45, 7) is 0.646. The van der Waals surface area contributed by atoms with Crippen LogP contribution < -0.4 is 5.32 Å². The van der Waals surface area contributed by atoms with Crippen molar-refractivity contribution in [2.24, 2.45) is 0 Å². The third kappa shape index (κ3) is 1.42. The number of aromatic hydroxyl groups is 1. The fourth-order valence-corrected chi connectivity index (χ4v) is 1.77. The van der Waals surface area contributed by atoms with Crippen LogP contribution in [0.5, 0.6) is 5.75 Å². The quantitative estimate of drug-likeness (QED) is 0.723. The highest BCUT2D eigenvalue weighted by atomic mass is 79.9. The molecule has 0 radical (unpaired) electrons. The van der Waals surface area contributed by atoms with Gasteiger partial charge in [0.1, 0.15) is 5.75 Å². The second kappa shape index (κ2) is 3.03. The van der Waals surface area contributed by atoms with Crippen molar-refractivity contribution >= 4 is 21.8 Å². The van der Waals surface area contributed by atoms with E-state index in [2.05, 4.69) is 21.2 Å². The lowest BCUT2D eigenvalue weighted by Crippen LogP contribution is -2.31. The van der Waals surface area contributed by atoms with Gasteiger partial charge >= 0.3 is 0 Å². The Hall–Kier alpha value is -1.03. The molecule has 0 spiro atoms. The summed E-state index contributed by atoms with van der Waals surface area (Å²) in [7, 11) is 0. The molecule has 0 unspecified atom stereocenters. The van der Waals surface area contributed by atoms with Gasteiger partial charge in [-0.3, -0.25) is 4.79 Å². The van der Waals surface area contributed by atoms with Crippen molar-refractivity contribution in [2.75, 3.05) is 6.54 Å². The molecule has 1 aromatic carbocycles. The highest BCUT2D eigenvalue weighted by Crippen LogP contribution is 2.28. The van der Waals surface area contributed by atoms with Crippen LogP contribution in [-0.4, -0.2) is 17.6 Å². The second-order valence-corrected chi connectivity index (χ2v) is 3.82. The number of amides is 1. The van der Waals surface area contributed by atoms with Crippen molar-refractivity contribution in [1.29, 1.82) is 0 Å². The molecule has 0 aliphatic carbocycles. The third-order valence-electron chi connectivity index (χ3n) is 2.10. The largest absolute Gasteiger partial charge is 0.507 e. The number of nitrogens with one attached hydrogen (secondary N) is 1. The molecule has 4 heteroatoms. The van der Waals surface area contributed by atoms with Crippen molar-refractivity contribution in [1.82, 2.24) is 5.32 Å². The number of benzene rings is 1. The number of carbonyl (C=O) groups excluding carboxylic acids is 1. The van der Waals surface area contributed by atoms with Gasteiger partial charge in [0, 0.05) is 12.1 Å². The van der Waals surface area contributed by atoms with Crippen LogP contribution in [-0.2, 0) is 6.42 Å². The zero-order valence-electron chi connectivity index (χ0n) is 6.80. The van der Waals surface area contributed by atoms with Gasteiger partial charge in [-0.05, 0) is 40.0 Å². The first-order valence-corrected chi connectivity index (χ1v) is 4.77. The van der Waals surface area contributed by atoms with E-state index in [0.717, 1.165) is 12.0 Å². The summed E-state index contributed by atoms with van der Waals surface area (Å²) in [6, 6.07) is 3.29. The van der Waals surface area contributed by atoms with Gasteiger partial charge < -0.3 is 10.4 Å². The van der Waals surface area contributed by atoms with E-state index in [1.165, 1.54) is 0 Å². The standard InChI is InChI=1S/C9H8BrNO2/c10-7-4-6-5(3-8(7)12)1-2-11-9(6)13/h3-4,12H,1-2H2,(H,11,13). The van der Waals surface area contributed by atoms with Crippen LogP contribution in [0.2, 0.25) is 0 Å². The minimum absolute atomic E-state index is 0.0676. The Balaban J connectivity index is 2.58. The summed E-state index contributed by atoms with van der Waals surface area (Å²) in [5.41, 5.74) is 1.56. The maximum absolute atomic E-state index is 11.3. The van der Waals surface area contributed by atoms with E-state index in [-0.39, 0.29) is 11.7 Å². The summed E-state index contributed by atoms with van der Waals surface area (Å²) < 4.78 is 0.559. The lowest BCUT2D eigenvalue weighted by atomic mass is 10.0. The molecule has 0 atom stereocenters. The van der Waals surface area contributed by atoms with Gasteiger partial charge in [0.2, 0.25) is 0 Å². The van der Waals surface area contributed by atoms with Gasteiger partial charge in [-0.15, -0.1) is 0 Å². The molecule has 0 saturated heterocycles. The molecule has 1 aliphatic heterocycles. The van der Waals surface area contributed by atoms with Crippen LogP contribution in [0.3, 0.4) is 0 Å². The van der Waals surface area contributed by atoms with E-state index >= 15 is 0 Å². The first-order chi connectivity index (χ1) is 6.18. The Kier molecular flexibility index (Phi) is 2.00. The first-order valence-electron chi connectivity index (χ1n) is 3.98. The smallest absolute Gasteiger partial charge is 0.251 e. The molecule has 2 N–H and O–H groups in total. The minimum atomic E-state index is -0.0676. The molecular weight excluding hydrogens is 234 g/mol. The van der Waals surface area contributed by atoms with Crippen molar-refractivity contribution < 1.29 is 9.90 Å². The van der Waals surface area contributed by atoms with Crippen molar-refractivity contribution in [3.05, 3.63) is 27.7 Å². The van der Waals surface area contributed by atoms with Gasteiger partial charge in [0.25, 0.3) is 5.91 Å². The summed E-state index contributed by atoms with van der Waals surface area (Å²) in [6.07, 6.45) is 0.780. The van der Waals surface area contributed by atoms with Gasteiger partial charge in [-0.1, -0.05) is 0 Å². The Morgan fingerprint density at radius 2 is 2.23 bits per heavy atom. The fourth-order valence-electron chi connectivity index (χ4n) is 1.43. The van der Waals surface area contributed by atoms with Crippen molar-refractivity contribution in [2.45, 2.75) is 6.42 Å². The summed E-state index contributed by atoms with van der Waals surface area (Å²) in [4.78, 5) is 11.3. The average Bonchev–Trinajstić information content (AvgIpc) is 2.09. The van der Waals surface area contributed by atoms with Crippen LogP contribution in [0.4, 0.5) is 0 Å². The number of halogens is 1. The monoisotopic (exact) mass is 241 g/mol. The molecule has 2 rings (SSSR count). The van der Waals surface area contributed by atoms with E-state index in [0.29, 0.717) is 16.6 Å². The average molecular weight is 242 g/mol. The number of carbonyl (C=O) groups is 1. The van der Waals surface area contributed by atoms with Gasteiger partial charge in [0.05, 0.1) is 4.47 Å². The predicted octanol–water partition coefficient (Wildman–Crippen LogP) is 1.44. The van der Waals surface area contributed by atoms with E-state index in [1.54, 1.807) is 12.1 Å². The van der Waals surface area contributed by atoms with Gasteiger partial charge in [-0.25, -0.2) is 0 Å². The summed E-state index contributed by atoms with van der Waals surface area (Å²) in [5.74, 6) is 0.121. The lowest BCUT2D eigenvalue weighted by Gasteiger charge is -2.16. The number of fused-ring (bicyclic) bond motifs is 1. The van der Waals surface area contributed by atoms with Gasteiger partial charge in [0.15, 0.2) is 0 Å². The second-order valence-electron chi connectivity index (χ2n) is 2.97. The molecule has 0 saturated carbocycles. The van der Waals surface area contributed by atoms with Gasteiger partial charge in [-0.2, -0.15) is 0 Å². The van der Waals surface area contributed by atoms with E-state index in [4.69, 9.17) is 0 Å². The van der Waals surface area contributed by atoms with E-state index in [1.807, 2.05) is 0 Å². The molecule has 68 valence electrons. The van der Waals surface area contributed by atoms with Crippen LogP contribution >= 0.6 is 15.9 Å². The Morgan fingerprint density at radius 3 is 3.00 bits per heavy atom. The number of hydrogen-bond acceptors (Lipinski definition) is 2. The zero-order chi connectivity index (χ0) is 9.42. The van der Waals surface area contributed by atoms with Crippen LogP contribution in [0.15, 0.2) is 16.6 Å². The molecule has 1 aliphatic rings. The molecule has 0 bridgehead atoms. The molecule has 1 amide bonds. The number of phenols is 1. The molecule has 3 nitrogen and oxygen atoms in total. The molecular formula is C9H8BrNO2. The molecule has 0 fully saturated rings. The van der Waals surface area contributed by atoms with E-state index in [9.17, 15) is 9.90 Å². The molecule has 1 aromatic rings. The lowest BCUT2D eigenvalue weighted by molar-refractivity contribution is 0.0946. The number of phenolic OH excluding ortho intramolecular Hbond substituents is 1. The third-order valence-corrected chi connectivity index (χ3v) is 2.73. The fraction of sp³-hybridized carbons (Fsp3) is 0.222. The number of hydrogen-bond donors (Lipinski definition) is 2. The van der Waals surface area contributed by atoms with Crippen LogP contribution in [0, 0.1) is 0 Å². The van der Waals surface area contributed by atoms with Crippen LogP contribution in [0.1, 0.15) is 15.9 Å². The summed E-state index contributed by atoms with van der Waals surface area (Å²) in [5, 5.41) is 12.1. The molecule has 13 heavy (non-hydrogen) atoms. The molecule has 1 heterocycles.